The van der Waals surface area contributed by atoms with Crippen LogP contribution in [0.2, 0.25) is 0 Å². The largest absolute Gasteiger partial charge is 0.455 e. The maximum atomic E-state index is 12.0. The molecule has 0 fully saturated rings. The van der Waals surface area contributed by atoms with Gasteiger partial charge in [0.25, 0.3) is 5.91 Å². The maximum absolute atomic E-state index is 12.0. The van der Waals surface area contributed by atoms with Crippen molar-refractivity contribution < 1.29 is 14.3 Å². The molecule has 0 spiro atoms. The van der Waals surface area contributed by atoms with Crippen molar-refractivity contribution in [3.05, 3.63) is 24.3 Å². The predicted molar refractivity (Wildman–Crippen MR) is 109 cm³/mol. The van der Waals surface area contributed by atoms with Gasteiger partial charge in [0, 0.05) is 6.54 Å². The Bertz CT molecular complexity index is 887. The Morgan fingerprint density at radius 2 is 2.11 bits per heavy atom. The third-order valence-corrected chi connectivity index (χ3v) is 5.49. The lowest BCUT2D eigenvalue weighted by atomic mass is 9.90. The quantitative estimate of drug-likeness (QED) is 0.511. The molecule has 1 atom stereocenters. The minimum absolute atomic E-state index is 0.0556. The third kappa shape index (κ3) is 5.26. The Morgan fingerprint density at radius 1 is 1.39 bits per heavy atom. The van der Waals surface area contributed by atoms with E-state index in [0.717, 1.165) is 29.2 Å². The van der Waals surface area contributed by atoms with Crippen molar-refractivity contribution in [2.75, 3.05) is 12.4 Å². The molecule has 1 amide bonds. The van der Waals surface area contributed by atoms with Crippen LogP contribution in [0.5, 0.6) is 0 Å². The van der Waals surface area contributed by atoms with Crippen molar-refractivity contribution in [3.63, 3.8) is 0 Å². The Hall–Kier alpha value is -2.53. The van der Waals surface area contributed by atoms with Crippen LogP contribution < -0.4 is 5.32 Å². The molecule has 0 aliphatic carbocycles. The number of carbonyl (C=O) groups is 2. The Labute approximate surface area is 169 Å². The number of hydrogen-bond acceptors (Lipinski definition) is 6. The molecule has 7 nitrogen and oxygen atoms in total. The first-order valence-corrected chi connectivity index (χ1v) is 10.2. The molecule has 0 aliphatic rings. The number of para-hydroxylation sites is 2. The monoisotopic (exact) mass is 402 g/mol. The summed E-state index contributed by atoms with van der Waals surface area (Å²) in [5.41, 5.74) is 0.920. The van der Waals surface area contributed by atoms with Crippen LogP contribution in [0.25, 0.3) is 11.0 Å². The molecule has 0 bridgehead atoms. The van der Waals surface area contributed by atoms with Gasteiger partial charge in [0.2, 0.25) is 0 Å². The molecule has 28 heavy (non-hydrogen) atoms. The third-order valence-electron chi connectivity index (χ3n) is 4.54. The summed E-state index contributed by atoms with van der Waals surface area (Å²) in [6.45, 7) is 7.81. The van der Waals surface area contributed by atoms with Crippen molar-refractivity contribution in [1.29, 1.82) is 5.26 Å². The van der Waals surface area contributed by atoms with Gasteiger partial charge in [0.1, 0.15) is 5.54 Å². The molecule has 1 aromatic carbocycles. The number of amides is 1. The zero-order valence-electron chi connectivity index (χ0n) is 16.7. The number of esters is 1. The van der Waals surface area contributed by atoms with Crippen molar-refractivity contribution in [3.8, 4) is 6.07 Å². The van der Waals surface area contributed by atoms with E-state index < -0.39 is 24.0 Å². The second-order valence-corrected chi connectivity index (χ2v) is 7.94. The Morgan fingerprint density at radius 3 is 2.75 bits per heavy atom. The summed E-state index contributed by atoms with van der Waals surface area (Å²) in [5, 5.41) is 12.6. The molecule has 2 rings (SSSR count). The molecule has 0 radical (unpaired) electrons. The van der Waals surface area contributed by atoms with Crippen LogP contribution in [0.15, 0.2) is 29.4 Å². The summed E-state index contributed by atoms with van der Waals surface area (Å²) in [4.78, 5) is 28.6. The first-order chi connectivity index (χ1) is 13.3. The number of thioether (sulfide) groups is 1. The van der Waals surface area contributed by atoms with Gasteiger partial charge in [-0.2, -0.15) is 5.26 Å². The fraction of sp³-hybridized carbons (Fsp3) is 0.500. The summed E-state index contributed by atoms with van der Waals surface area (Å²) in [5.74, 6) is -1.01. The molecular formula is C20H26N4O3S. The zero-order valence-corrected chi connectivity index (χ0v) is 17.5. The van der Waals surface area contributed by atoms with E-state index in [4.69, 9.17) is 4.74 Å². The van der Waals surface area contributed by atoms with Gasteiger partial charge >= 0.3 is 5.97 Å². The zero-order chi connectivity index (χ0) is 20.7. The van der Waals surface area contributed by atoms with Gasteiger partial charge in [-0.25, -0.2) is 4.98 Å². The van der Waals surface area contributed by atoms with Crippen LogP contribution in [0.3, 0.4) is 0 Å². The van der Waals surface area contributed by atoms with E-state index in [0.29, 0.717) is 0 Å². The molecule has 0 aliphatic heterocycles. The fourth-order valence-electron chi connectivity index (χ4n) is 2.54. The predicted octanol–water partition coefficient (Wildman–Crippen LogP) is 3.14. The van der Waals surface area contributed by atoms with Gasteiger partial charge in [0.05, 0.1) is 22.9 Å². The van der Waals surface area contributed by atoms with Crippen LogP contribution in [0.4, 0.5) is 0 Å². The number of nitrogens with zero attached hydrogens (tertiary/aromatic N) is 3. The van der Waals surface area contributed by atoms with Crippen LogP contribution >= 0.6 is 11.8 Å². The highest BCUT2D eigenvalue weighted by Gasteiger charge is 2.30. The average molecular weight is 403 g/mol. The van der Waals surface area contributed by atoms with Gasteiger partial charge in [-0.15, -0.1) is 0 Å². The Balaban J connectivity index is 1.91. The number of nitriles is 1. The lowest BCUT2D eigenvalue weighted by Crippen LogP contribution is -2.50. The second-order valence-electron chi connectivity index (χ2n) is 7.00. The SMILES string of the molecule is CCCn1c(SCC(=O)OCC(=O)N[C@@](C)(C#N)C(C)C)nc2ccccc21. The molecule has 0 unspecified atom stereocenters. The van der Waals surface area contributed by atoms with Crippen LogP contribution in [0, 0.1) is 17.2 Å². The van der Waals surface area contributed by atoms with Crippen LogP contribution in [0.1, 0.15) is 34.1 Å². The number of nitrogens with one attached hydrogen (secondary N) is 1. The number of hydrogen-bond donors (Lipinski definition) is 1. The van der Waals surface area contributed by atoms with E-state index in [9.17, 15) is 14.9 Å². The lowest BCUT2D eigenvalue weighted by Gasteiger charge is -2.27. The van der Waals surface area contributed by atoms with Crippen molar-refractivity contribution in [2.24, 2.45) is 5.92 Å². The highest BCUT2D eigenvalue weighted by atomic mass is 32.2. The topological polar surface area (TPSA) is 97.0 Å². The molecule has 8 heteroatoms. The minimum Gasteiger partial charge on any atom is -0.455 e. The highest BCUT2D eigenvalue weighted by molar-refractivity contribution is 7.99. The number of aryl methyl sites for hydroxylation is 1. The van der Waals surface area contributed by atoms with Crippen LogP contribution in [-0.4, -0.2) is 39.3 Å². The standard InChI is InChI=1S/C20H26N4O3S/c1-5-10-24-16-9-7-6-8-15(16)22-19(24)28-12-18(26)27-11-17(25)23-20(4,13-21)14(2)3/h6-9,14H,5,10-12H2,1-4H3,(H,23,25)/t20-/m0/s1. The summed E-state index contributed by atoms with van der Waals surface area (Å²) < 4.78 is 7.14. The molecule has 1 heterocycles. The number of fused-ring (bicyclic) bond motifs is 1. The number of ether oxygens (including phenoxy) is 1. The van der Waals surface area contributed by atoms with E-state index in [2.05, 4.69) is 27.9 Å². The van der Waals surface area contributed by atoms with Crippen LogP contribution in [-0.2, 0) is 20.9 Å². The van der Waals surface area contributed by atoms with Gasteiger partial charge in [0.15, 0.2) is 11.8 Å². The van der Waals surface area contributed by atoms with E-state index in [1.807, 2.05) is 38.1 Å². The number of aromatic nitrogens is 2. The van der Waals surface area contributed by atoms with Crippen molar-refractivity contribution >= 4 is 34.7 Å². The molecule has 0 saturated heterocycles. The number of benzene rings is 1. The minimum atomic E-state index is -0.997. The van der Waals surface area contributed by atoms with Gasteiger partial charge < -0.3 is 14.6 Å². The normalized spacial score (nSPS) is 13.1. The maximum Gasteiger partial charge on any atom is 0.316 e. The van der Waals surface area contributed by atoms with Gasteiger partial charge in [-0.1, -0.05) is 44.7 Å². The van der Waals surface area contributed by atoms with E-state index >= 15 is 0 Å². The van der Waals surface area contributed by atoms with E-state index in [1.165, 1.54) is 11.8 Å². The summed E-state index contributed by atoms with van der Waals surface area (Å²) in [6, 6.07) is 9.92. The number of carbonyl (C=O) groups excluding carboxylic acids is 2. The summed E-state index contributed by atoms with van der Waals surface area (Å²) in [6.07, 6.45) is 0.950. The van der Waals surface area contributed by atoms with Gasteiger partial charge in [-0.05, 0) is 31.4 Å². The highest BCUT2D eigenvalue weighted by Crippen LogP contribution is 2.24. The first-order valence-electron chi connectivity index (χ1n) is 9.26. The van der Waals surface area contributed by atoms with Crippen molar-refractivity contribution in [1.82, 2.24) is 14.9 Å². The summed E-state index contributed by atoms with van der Waals surface area (Å²) in [7, 11) is 0. The molecule has 1 N–H and O–H groups in total. The molecule has 2 aromatic rings. The van der Waals surface area contributed by atoms with E-state index in [1.54, 1.807) is 6.92 Å². The smallest absolute Gasteiger partial charge is 0.316 e. The molecule has 0 saturated carbocycles. The average Bonchev–Trinajstić information content (AvgIpc) is 3.02. The fourth-order valence-corrected chi connectivity index (χ4v) is 3.38. The molecule has 150 valence electrons. The first kappa shape index (κ1) is 21.8. The lowest BCUT2D eigenvalue weighted by molar-refractivity contribution is -0.146. The van der Waals surface area contributed by atoms with E-state index in [-0.39, 0.29) is 11.7 Å². The Kier molecular flexibility index (Phi) is 7.46. The number of imidazole rings is 1. The van der Waals surface area contributed by atoms with Gasteiger partial charge in [-0.3, -0.25) is 9.59 Å². The molecule has 1 aromatic heterocycles. The molecular weight excluding hydrogens is 376 g/mol. The second kappa shape index (κ2) is 9.60. The number of rotatable bonds is 9. The van der Waals surface area contributed by atoms with Crippen molar-refractivity contribution in [2.45, 2.75) is 51.4 Å². The summed E-state index contributed by atoms with van der Waals surface area (Å²) >= 11 is 1.29.